The highest BCUT2D eigenvalue weighted by molar-refractivity contribution is 4.76. The molecule has 0 unspecified atom stereocenters. The molecule has 0 aromatic rings. The second kappa shape index (κ2) is 21.7. The van der Waals surface area contributed by atoms with Gasteiger partial charge in [-0.05, 0) is 121 Å². The molecule has 0 aromatic carbocycles. The van der Waals surface area contributed by atoms with Crippen LogP contribution in [0.25, 0.3) is 0 Å². The molecule has 0 N–H and O–H groups in total. The molecular formula is C34H80N3+. The molecule has 3 saturated heterocycles. The van der Waals surface area contributed by atoms with Crippen LogP contribution < -0.4 is 0 Å². The van der Waals surface area contributed by atoms with Crippen LogP contribution in [0.3, 0.4) is 0 Å². The Morgan fingerprint density at radius 3 is 1.11 bits per heavy atom. The first-order valence-electron chi connectivity index (χ1n) is 14.6. The molecule has 0 aromatic heterocycles. The second-order valence-electron chi connectivity index (χ2n) is 13.6. The van der Waals surface area contributed by atoms with Gasteiger partial charge < -0.3 is 14.3 Å². The van der Waals surface area contributed by atoms with Crippen LogP contribution in [0.15, 0.2) is 0 Å². The molecule has 3 rings (SSSR count). The van der Waals surface area contributed by atoms with Gasteiger partial charge in [0.1, 0.15) is 0 Å². The molecule has 0 amide bonds. The number of quaternary nitrogens is 1. The Morgan fingerprint density at radius 1 is 0.514 bits per heavy atom. The number of hydrogen-bond donors (Lipinski definition) is 0. The fourth-order valence-electron chi connectivity index (χ4n) is 5.75. The van der Waals surface area contributed by atoms with Gasteiger partial charge in [0.15, 0.2) is 0 Å². The van der Waals surface area contributed by atoms with Crippen molar-refractivity contribution in [1.82, 2.24) is 9.80 Å². The second-order valence-corrected chi connectivity index (χ2v) is 13.6. The van der Waals surface area contributed by atoms with Crippen LogP contribution >= 0.6 is 0 Å². The Bertz CT molecular complexity index is 455. The average molecular weight is 531 g/mol. The lowest BCUT2D eigenvalue weighted by atomic mass is 9.86. The first-order chi connectivity index (χ1) is 15.3. The smallest absolute Gasteiger partial charge is 0.0785 e. The first kappa shape index (κ1) is 43.9. The number of piperidine rings is 3. The summed E-state index contributed by atoms with van der Waals surface area (Å²) < 4.78 is 1.24. The maximum atomic E-state index is 2.60. The lowest BCUT2D eigenvalue weighted by molar-refractivity contribution is -0.896. The van der Waals surface area contributed by atoms with E-state index in [0.717, 1.165) is 41.5 Å². The molecule has 3 nitrogen and oxygen atoms in total. The van der Waals surface area contributed by atoms with Gasteiger partial charge in [-0.3, -0.25) is 0 Å². The molecule has 3 fully saturated rings. The van der Waals surface area contributed by atoms with Crippen LogP contribution in [0.1, 0.15) is 124 Å². The summed E-state index contributed by atoms with van der Waals surface area (Å²) in [4.78, 5) is 5.03. The van der Waals surface area contributed by atoms with E-state index in [1.807, 2.05) is 0 Å². The van der Waals surface area contributed by atoms with Crippen LogP contribution in [-0.2, 0) is 0 Å². The zero-order chi connectivity index (χ0) is 25.2. The van der Waals surface area contributed by atoms with Crippen LogP contribution in [-0.4, -0.2) is 80.7 Å². The maximum absolute atomic E-state index is 2.60. The number of likely N-dealkylation sites (tertiary alicyclic amines) is 3. The highest BCUT2D eigenvalue weighted by atomic mass is 15.3. The minimum atomic E-state index is 0. The Balaban J connectivity index is -0.000000210. The van der Waals surface area contributed by atoms with Crippen molar-refractivity contribution in [3.8, 4) is 0 Å². The molecule has 0 atom stereocenters. The summed E-state index contributed by atoms with van der Waals surface area (Å²) in [5, 5.41) is 0. The van der Waals surface area contributed by atoms with Crippen LogP contribution in [0.5, 0.6) is 0 Å². The van der Waals surface area contributed by atoms with Gasteiger partial charge >= 0.3 is 0 Å². The minimum Gasteiger partial charge on any atom is -0.328 e. The summed E-state index contributed by atoms with van der Waals surface area (Å²) >= 11 is 0. The molecule has 3 heteroatoms. The Hall–Kier alpha value is -0.120. The SMILES string of the molecule is C.C.C.C.CC(C)C1CCN(C(C)C)CC1.CC(C)C1CCN(C)CC1.CC(C)C1CC[N+](C)(C)CC1. The van der Waals surface area contributed by atoms with Crippen molar-refractivity contribution in [2.24, 2.45) is 35.5 Å². The fourth-order valence-corrected chi connectivity index (χ4v) is 5.75. The van der Waals surface area contributed by atoms with Crippen molar-refractivity contribution in [1.29, 1.82) is 0 Å². The van der Waals surface area contributed by atoms with E-state index in [9.17, 15) is 0 Å². The lowest BCUT2D eigenvalue weighted by Crippen LogP contribution is -2.46. The van der Waals surface area contributed by atoms with E-state index in [-0.39, 0.29) is 29.7 Å². The molecule has 3 aliphatic rings. The van der Waals surface area contributed by atoms with E-state index in [4.69, 9.17) is 0 Å². The lowest BCUT2D eigenvalue weighted by Gasteiger charge is -2.38. The summed E-state index contributed by atoms with van der Waals surface area (Å²) in [6.07, 6.45) is 8.52. The maximum Gasteiger partial charge on any atom is 0.0785 e. The highest BCUT2D eigenvalue weighted by Gasteiger charge is 2.27. The largest absolute Gasteiger partial charge is 0.328 e. The highest BCUT2D eigenvalue weighted by Crippen LogP contribution is 2.27. The zero-order valence-electron chi connectivity index (χ0n) is 24.9. The van der Waals surface area contributed by atoms with Gasteiger partial charge in [0.2, 0.25) is 0 Å². The van der Waals surface area contributed by atoms with E-state index in [1.165, 1.54) is 82.3 Å². The predicted molar refractivity (Wildman–Crippen MR) is 176 cm³/mol. The van der Waals surface area contributed by atoms with Gasteiger partial charge in [0, 0.05) is 6.04 Å². The summed E-state index contributed by atoms with van der Waals surface area (Å²) in [6.45, 7) is 26.7. The van der Waals surface area contributed by atoms with Crippen LogP contribution in [0.4, 0.5) is 0 Å². The van der Waals surface area contributed by atoms with Gasteiger partial charge in [-0.15, -0.1) is 0 Å². The van der Waals surface area contributed by atoms with Gasteiger partial charge in [0.05, 0.1) is 27.2 Å². The predicted octanol–water partition coefficient (Wildman–Crippen LogP) is 9.42. The van der Waals surface area contributed by atoms with Crippen LogP contribution in [0.2, 0.25) is 0 Å². The summed E-state index contributed by atoms with van der Waals surface area (Å²) in [5.74, 6) is 5.67. The summed E-state index contributed by atoms with van der Waals surface area (Å²) in [5.41, 5.74) is 0. The monoisotopic (exact) mass is 531 g/mol. The van der Waals surface area contributed by atoms with Gasteiger partial charge in [0.25, 0.3) is 0 Å². The quantitative estimate of drug-likeness (QED) is 0.334. The topological polar surface area (TPSA) is 6.48 Å². The number of rotatable bonds is 4. The third-order valence-corrected chi connectivity index (χ3v) is 9.11. The molecule has 3 heterocycles. The number of nitrogens with zero attached hydrogens (tertiary/aromatic N) is 3. The molecule has 230 valence electrons. The molecule has 37 heavy (non-hydrogen) atoms. The van der Waals surface area contributed by atoms with Gasteiger partial charge in [-0.2, -0.15) is 0 Å². The van der Waals surface area contributed by atoms with E-state index in [2.05, 4.69) is 86.3 Å². The van der Waals surface area contributed by atoms with Crippen molar-refractivity contribution < 1.29 is 4.48 Å². The van der Waals surface area contributed by atoms with E-state index >= 15 is 0 Å². The molecule has 3 aliphatic heterocycles. The Morgan fingerprint density at radius 2 is 0.811 bits per heavy atom. The van der Waals surface area contributed by atoms with E-state index < -0.39 is 0 Å². The van der Waals surface area contributed by atoms with Crippen LogP contribution in [0, 0.1) is 35.5 Å². The first-order valence-corrected chi connectivity index (χ1v) is 14.6. The zero-order valence-corrected chi connectivity index (χ0v) is 24.9. The van der Waals surface area contributed by atoms with Crippen molar-refractivity contribution in [2.75, 3.05) is 60.4 Å². The minimum absolute atomic E-state index is 0. The van der Waals surface area contributed by atoms with E-state index in [1.54, 1.807) is 0 Å². The average Bonchev–Trinajstić information content (AvgIpc) is 2.74. The van der Waals surface area contributed by atoms with Crippen molar-refractivity contribution >= 4 is 0 Å². The van der Waals surface area contributed by atoms with Gasteiger partial charge in [-0.25, -0.2) is 0 Å². The standard InChI is InChI=1S/C11H23N.C10H22N.C9H19N.4CH4/c1-9(2)11-5-7-12(8-6-11)10(3)4;1-9(2)10-5-7-11(3,4)8-6-10;1-8(2)9-4-6-10(3)7-5-9;;;;/h9-11H,5-8H2,1-4H3;9-10H,5-8H2,1-4H3;8-9H,4-7H2,1-3H3;4*1H4/q;+1;;;;;. The molecular weight excluding hydrogens is 450 g/mol. The van der Waals surface area contributed by atoms with Gasteiger partial charge in [-0.1, -0.05) is 71.2 Å². The molecule has 0 radical (unpaired) electrons. The molecule has 0 aliphatic carbocycles. The molecule has 0 bridgehead atoms. The van der Waals surface area contributed by atoms with Crippen molar-refractivity contribution in [2.45, 2.75) is 130 Å². The van der Waals surface area contributed by atoms with E-state index in [0.29, 0.717) is 0 Å². The normalized spacial score (nSPS) is 21.5. The third kappa shape index (κ3) is 18.0. The van der Waals surface area contributed by atoms with Crippen molar-refractivity contribution in [3.63, 3.8) is 0 Å². The summed E-state index contributed by atoms with van der Waals surface area (Å²) in [7, 11) is 6.91. The summed E-state index contributed by atoms with van der Waals surface area (Å²) in [6, 6.07) is 0.748. The Kier molecular flexibility index (Phi) is 25.7. The van der Waals surface area contributed by atoms with Crippen molar-refractivity contribution in [3.05, 3.63) is 0 Å². The third-order valence-electron chi connectivity index (χ3n) is 9.11. The molecule has 0 spiro atoms. The molecule has 0 saturated carbocycles. The Labute approximate surface area is 239 Å². The fraction of sp³-hybridized carbons (Fsp3) is 1.00. The number of hydrogen-bond acceptors (Lipinski definition) is 2.